The molecule has 27 heavy (non-hydrogen) atoms. The van der Waals surface area contributed by atoms with Crippen LogP contribution in [0.4, 0.5) is 18.9 Å². The number of benzene rings is 1. The third-order valence-corrected chi connectivity index (χ3v) is 3.87. The van der Waals surface area contributed by atoms with E-state index < -0.39 is 6.36 Å². The number of rotatable bonds is 7. The molecular weight excluding hydrogens is 379 g/mol. The molecule has 0 saturated heterocycles. The number of halogens is 3. The van der Waals surface area contributed by atoms with Crippen molar-refractivity contribution < 1.29 is 17.9 Å². The average molecular weight is 399 g/mol. The first-order valence-corrected chi connectivity index (χ1v) is 8.98. The summed E-state index contributed by atoms with van der Waals surface area (Å²) in [4.78, 5) is 4.47. The molecule has 0 fully saturated rings. The van der Waals surface area contributed by atoms with E-state index in [1.165, 1.54) is 42.2 Å². The summed E-state index contributed by atoms with van der Waals surface area (Å²) in [7, 11) is 1.77. The second-order valence-electron chi connectivity index (χ2n) is 5.10. The molecule has 0 saturated carbocycles. The van der Waals surface area contributed by atoms with E-state index in [4.69, 9.17) is 0 Å². The quantitative estimate of drug-likeness (QED) is 0.317. The van der Waals surface area contributed by atoms with E-state index in [0.717, 1.165) is 0 Å². The monoisotopic (exact) mass is 399 g/mol. The first-order valence-electron chi connectivity index (χ1n) is 7.76. The molecule has 0 bridgehead atoms. The average Bonchev–Trinajstić information content (AvgIpc) is 2.61. The zero-order chi connectivity index (χ0) is 20.4. The minimum absolute atomic E-state index is 0.279. The summed E-state index contributed by atoms with van der Waals surface area (Å²) >= 11 is 1.31. The van der Waals surface area contributed by atoms with Gasteiger partial charge in [0.05, 0.1) is 5.57 Å². The van der Waals surface area contributed by atoms with Gasteiger partial charge in [-0.2, -0.15) is 10.4 Å². The maximum atomic E-state index is 12.2. The molecule has 0 aromatic heterocycles. The molecule has 1 unspecified atom stereocenters. The molecule has 1 aromatic carbocycles. The van der Waals surface area contributed by atoms with E-state index in [1.807, 2.05) is 6.92 Å². The molecule has 1 aromatic rings. The molecule has 0 radical (unpaired) electrons. The van der Waals surface area contributed by atoms with Gasteiger partial charge in [0.15, 0.2) is 0 Å². The molecule has 146 valence electrons. The van der Waals surface area contributed by atoms with Crippen molar-refractivity contribution in [2.75, 3.05) is 18.6 Å². The minimum Gasteiger partial charge on any atom is -0.406 e. The Balaban J connectivity index is 2.91. The Hall–Kier alpha value is -2.67. The summed E-state index contributed by atoms with van der Waals surface area (Å²) in [6, 6.07) is 7.24. The Labute approximate surface area is 160 Å². The third kappa shape index (κ3) is 8.04. The van der Waals surface area contributed by atoms with Gasteiger partial charge in [-0.25, -0.2) is 0 Å². The van der Waals surface area contributed by atoms with Gasteiger partial charge in [0.2, 0.25) is 0 Å². The summed E-state index contributed by atoms with van der Waals surface area (Å²) in [6.45, 7) is 3.63. The molecule has 0 aliphatic rings. The number of thioether (sulfide) groups is 1. The summed E-state index contributed by atoms with van der Waals surface area (Å²) in [5.74, 6) is -0.322. The van der Waals surface area contributed by atoms with Gasteiger partial charge in [-0.15, -0.1) is 24.9 Å². The Morgan fingerprint density at radius 3 is 2.48 bits per heavy atom. The van der Waals surface area contributed by atoms with E-state index in [9.17, 15) is 18.4 Å². The van der Waals surface area contributed by atoms with Crippen molar-refractivity contribution in [3.8, 4) is 11.8 Å². The van der Waals surface area contributed by atoms with Crippen molar-refractivity contribution >= 4 is 28.7 Å². The molecule has 0 heterocycles. The van der Waals surface area contributed by atoms with E-state index in [-0.39, 0.29) is 11.9 Å². The number of aliphatic imine (C=N–C) groups is 1. The molecule has 1 atom stereocenters. The van der Waals surface area contributed by atoms with Crippen LogP contribution in [0.25, 0.3) is 0 Å². The van der Waals surface area contributed by atoms with E-state index in [0.29, 0.717) is 16.3 Å². The first-order chi connectivity index (χ1) is 12.7. The second-order valence-corrected chi connectivity index (χ2v) is 5.90. The van der Waals surface area contributed by atoms with Gasteiger partial charge in [-0.1, -0.05) is 0 Å². The lowest BCUT2D eigenvalue weighted by molar-refractivity contribution is -0.274. The molecule has 6 nitrogen and oxygen atoms in total. The van der Waals surface area contributed by atoms with Crippen LogP contribution >= 0.6 is 11.8 Å². The highest BCUT2D eigenvalue weighted by atomic mass is 32.2. The van der Waals surface area contributed by atoms with Gasteiger partial charge < -0.3 is 10.1 Å². The lowest BCUT2D eigenvalue weighted by Gasteiger charge is -2.18. The lowest BCUT2D eigenvalue weighted by atomic mass is 10.3. The van der Waals surface area contributed by atoms with Gasteiger partial charge in [0.25, 0.3) is 0 Å². The first kappa shape index (κ1) is 22.4. The zero-order valence-electron chi connectivity index (χ0n) is 15.3. The Kier molecular flexibility index (Phi) is 8.68. The molecule has 0 aliphatic heterocycles. The van der Waals surface area contributed by atoms with Crippen LogP contribution in [-0.2, 0) is 0 Å². The number of alkyl halides is 3. The number of ether oxygens (including phenoxy) is 1. The van der Waals surface area contributed by atoms with Crippen LogP contribution in [0.3, 0.4) is 0 Å². The van der Waals surface area contributed by atoms with Gasteiger partial charge in [0.1, 0.15) is 23.0 Å². The SMILES string of the molecule is C/C=N\N(C)C(C)/N=C(SC)\C(C#N)=C\Nc1ccc(OC(F)(F)F)cc1. The van der Waals surface area contributed by atoms with Gasteiger partial charge in [-0.3, -0.25) is 10.0 Å². The summed E-state index contributed by atoms with van der Waals surface area (Å²) < 4.78 is 40.3. The molecule has 0 amide bonds. The topological polar surface area (TPSA) is 73.0 Å². The standard InChI is InChI=1S/C17H20F3N5OS/c1-5-23-25(3)12(2)24-16(27-4)13(10-21)11-22-14-6-8-15(9-7-14)26-17(18,19)20/h5-9,11-12,22H,1-4H3/b13-11+,23-5-,24-16+. The second kappa shape index (κ2) is 10.5. The van der Waals surface area contributed by atoms with E-state index in [1.54, 1.807) is 31.5 Å². The van der Waals surface area contributed by atoms with Gasteiger partial charge >= 0.3 is 6.36 Å². The van der Waals surface area contributed by atoms with Crippen molar-refractivity contribution in [1.82, 2.24) is 5.01 Å². The smallest absolute Gasteiger partial charge is 0.406 e. The highest BCUT2D eigenvalue weighted by Crippen LogP contribution is 2.24. The molecule has 1 rings (SSSR count). The van der Waals surface area contributed by atoms with Crippen LogP contribution in [-0.4, -0.2) is 42.1 Å². The maximum absolute atomic E-state index is 12.2. The summed E-state index contributed by atoms with van der Waals surface area (Å²) in [6.07, 6.45) is -0.134. The highest BCUT2D eigenvalue weighted by molar-refractivity contribution is 8.13. The van der Waals surface area contributed by atoms with Crippen molar-refractivity contribution in [3.63, 3.8) is 0 Å². The number of nitrogens with one attached hydrogen (secondary N) is 1. The lowest BCUT2D eigenvalue weighted by Crippen LogP contribution is -2.23. The number of nitriles is 1. The van der Waals surface area contributed by atoms with Crippen LogP contribution in [0.5, 0.6) is 5.75 Å². The maximum Gasteiger partial charge on any atom is 0.573 e. The van der Waals surface area contributed by atoms with Crippen LogP contribution in [0.1, 0.15) is 13.8 Å². The largest absolute Gasteiger partial charge is 0.573 e. The molecule has 0 aliphatic carbocycles. The number of hydrogen-bond donors (Lipinski definition) is 1. The van der Waals surface area contributed by atoms with E-state index in [2.05, 4.69) is 26.2 Å². The van der Waals surface area contributed by atoms with Crippen LogP contribution in [0.15, 0.2) is 46.1 Å². The predicted octanol–water partition coefficient (Wildman–Crippen LogP) is 4.45. The van der Waals surface area contributed by atoms with Crippen LogP contribution in [0.2, 0.25) is 0 Å². The van der Waals surface area contributed by atoms with E-state index >= 15 is 0 Å². The van der Waals surface area contributed by atoms with Crippen molar-refractivity contribution in [1.29, 1.82) is 5.26 Å². The molecule has 10 heteroatoms. The predicted molar refractivity (Wildman–Crippen MR) is 103 cm³/mol. The fourth-order valence-electron chi connectivity index (χ4n) is 1.81. The molecular formula is C17H20F3N5OS. The summed E-state index contributed by atoms with van der Waals surface area (Å²) in [5.41, 5.74) is 0.789. The number of nitrogens with zero attached hydrogens (tertiary/aromatic N) is 4. The molecule has 1 N–H and O–H groups in total. The number of hydrazone groups is 1. The fourth-order valence-corrected chi connectivity index (χ4v) is 2.40. The van der Waals surface area contributed by atoms with Crippen molar-refractivity contribution in [2.24, 2.45) is 10.1 Å². The fraction of sp³-hybridized carbons (Fsp3) is 0.353. The molecule has 0 spiro atoms. The van der Waals surface area contributed by atoms with Gasteiger partial charge in [0, 0.05) is 25.1 Å². The van der Waals surface area contributed by atoms with Crippen LogP contribution < -0.4 is 10.1 Å². The highest BCUT2D eigenvalue weighted by Gasteiger charge is 2.30. The Bertz CT molecular complexity index is 738. The normalized spacial score (nSPS) is 14.0. The minimum atomic E-state index is -4.74. The van der Waals surface area contributed by atoms with Gasteiger partial charge in [-0.05, 0) is 44.4 Å². The Morgan fingerprint density at radius 2 is 2.00 bits per heavy atom. The zero-order valence-corrected chi connectivity index (χ0v) is 16.1. The Morgan fingerprint density at radius 1 is 1.37 bits per heavy atom. The number of anilines is 1. The third-order valence-electron chi connectivity index (χ3n) is 3.16. The number of hydrogen-bond acceptors (Lipinski definition) is 7. The summed E-state index contributed by atoms with van der Waals surface area (Å²) in [5, 5.41) is 18.5. The van der Waals surface area contributed by atoms with Crippen LogP contribution in [0, 0.1) is 11.3 Å². The van der Waals surface area contributed by atoms with Crippen molar-refractivity contribution in [3.05, 3.63) is 36.0 Å². The van der Waals surface area contributed by atoms with Crippen molar-refractivity contribution in [2.45, 2.75) is 26.4 Å².